The number of aryl methyl sites for hydroxylation is 2. The van der Waals surface area contributed by atoms with Gasteiger partial charge in [0, 0.05) is 0 Å². The van der Waals surface area contributed by atoms with Crippen LogP contribution in [0.5, 0.6) is 0 Å². The molecule has 0 radical (unpaired) electrons. The van der Waals surface area contributed by atoms with Crippen molar-refractivity contribution in [3.8, 4) is 0 Å². The van der Waals surface area contributed by atoms with Gasteiger partial charge in [-0.15, -0.1) is 0 Å². The SMILES string of the molecule is Cc1nc(CNc2ncc(N)c(C)c2Br)oc1C. The molecule has 5 nitrogen and oxygen atoms in total. The summed E-state index contributed by atoms with van der Waals surface area (Å²) in [6.45, 7) is 6.24. The van der Waals surface area contributed by atoms with E-state index in [-0.39, 0.29) is 0 Å². The number of pyridine rings is 1. The van der Waals surface area contributed by atoms with Gasteiger partial charge in [0.15, 0.2) is 0 Å². The van der Waals surface area contributed by atoms with Crippen molar-refractivity contribution in [2.75, 3.05) is 11.1 Å². The molecule has 18 heavy (non-hydrogen) atoms. The summed E-state index contributed by atoms with van der Waals surface area (Å²) in [5.74, 6) is 2.22. The van der Waals surface area contributed by atoms with Gasteiger partial charge < -0.3 is 15.5 Å². The third-order valence-electron chi connectivity index (χ3n) is 2.78. The molecule has 0 spiro atoms. The van der Waals surface area contributed by atoms with Crippen LogP contribution in [-0.4, -0.2) is 9.97 Å². The Balaban J connectivity index is 2.13. The molecule has 0 aliphatic carbocycles. The van der Waals surface area contributed by atoms with E-state index in [1.807, 2.05) is 20.8 Å². The van der Waals surface area contributed by atoms with Crippen molar-refractivity contribution in [2.45, 2.75) is 27.3 Å². The molecule has 0 saturated heterocycles. The number of nitrogens with two attached hydrogens (primary N) is 1. The second-order valence-electron chi connectivity index (χ2n) is 4.10. The fourth-order valence-corrected chi connectivity index (χ4v) is 1.96. The maximum Gasteiger partial charge on any atom is 0.213 e. The van der Waals surface area contributed by atoms with E-state index in [0.717, 1.165) is 27.3 Å². The molecule has 3 N–H and O–H groups in total. The normalized spacial score (nSPS) is 10.7. The first-order valence-electron chi connectivity index (χ1n) is 5.56. The van der Waals surface area contributed by atoms with Gasteiger partial charge in [0.05, 0.1) is 28.6 Å². The fourth-order valence-electron chi connectivity index (χ4n) is 1.49. The van der Waals surface area contributed by atoms with Gasteiger partial charge in [0.25, 0.3) is 0 Å². The van der Waals surface area contributed by atoms with Crippen molar-refractivity contribution in [2.24, 2.45) is 0 Å². The number of halogens is 1. The third kappa shape index (κ3) is 2.48. The van der Waals surface area contributed by atoms with E-state index in [0.29, 0.717) is 18.1 Å². The zero-order valence-electron chi connectivity index (χ0n) is 10.5. The number of nitrogens with one attached hydrogen (secondary N) is 1. The topological polar surface area (TPSA) is 77.0 Å². The Morgan fingerprint density at radius 3 is 2.72 bits per heavy atom. The van der Waals surface area contributed by atoms with Gasteiger partial charge in [0.1, 0.15) is 11.6 Å². The van der Waals surface area contributed by atoms with Gasteiger partial charge in [-0.05, 0) is 42.3 Å². The van der Waals surface area contributed by atoms with Crippen LogP contribution in [0.25, 0.3) is 0 Å². The third-order valence-corrected chi connectivity index (χ3v) is 3.75. The zero-order valence-corrected chi connectivity index (χ0v) is 12.1. The minimum Gasteiger partial charge on any atom is -0.444 e. The smallest absolute Gasteiger partial charge is 0.213 e. The highest BCUT2D eigenvalue weighted by molar-refractivity contribution is 9.10. The largest absolute Gasteiger partial charge is 0.444 e. The molecule has 2 rings (SSSR count). The molecule has 0 amide bonds. The quantitative estimate of drug-likeness (QED) is 0.911. The van der Waals surface area contributed by atoms with Gasteiger partial charge in [-0.2, -0.15) is 0 Å². The van der Waals surface area contributed by atoms with Gasteiger partial charge in [-0.3, -0.25) is 0 Å². The van der Waals surface area contributed by atoms with Crippen molar-refractivity contribution in [3.63, 3.8) is 0 Å². The van der Waals surface area contributed by atoms with Crippen LogP contribution in [0.4, 0.5) is 11.5 Å². The highest BCUT2D eigenvalue weighted by Crippen LogP contribution is 2.27. The maximum absolute atomic E-state index is 5.77. The number of nitrogen functional groups attached to an aromatic ring is 1. The summed E-state index contributed by atoms with van der Waals surface area (Å²) in [6, 6.07) is 0. The van der Waals surface area contributed by atoms with Crippen molar-refractivity contribution < 1.29 is 4.42 Å². The first-order valence-corrected chi connectivity index (χ1v) is 6.35. The van der Waals surface area contributed by atoms with Gasteiger partial charge in [-0.25, -0.2) is 9.97 Å². The zero-order chi connectivity index (χ0) is 13.3. The molecule has 0 fully saturated rings. The van der Waals surface area contributed by atoms with Crippen LogP contribution in [0.1, 0.15) is 22.9 Å². The van der Waals surface area contributed by atoms with Crippen LogP contribution in [0, 0.1) is 20.8 Å². The summed E-state index contributed by atoms with van der Waals surface area (Å²) in [5, 5.41) is 3.17. The van der Waals surface area contributed by atoms with Crippen LogP contribution in [0.2, 0.25) is 0 Å². The minimum atomic E-state index is 0.490. The molecule has 0 aliphatic heterocycles. The molecule has 0 aromatic carbocycles. The number of hydrogen-bond acceptors (Lipinski definition) is 5. The molecule has 96 valence electrons. The number of hydrogen-bond donors (Lipinski definition) is 2. The highest BCUT2D eigenvalue weighted by atomic mass is 79.9. The first-order chi connectivity index (χ1) is 8.49. The lowest BCUT2D eigenvalue weighted by Crippen LogP contribution is -2.04. The molecule has 2 heterocycles. The number of anilines is 2. The van der Waals surface area contributed by atoms with Gasteiger partial charge >= 0.3 is 0 Å². The number of rotatable bonds is 3. The van der Waals surface area contributed by atoms with E-state index in [4.69, 9.17) is 10.2 Å². The van der Waals surface area contributed by atoms with E-state index >= 15 is 0 Å². The molecular formula is C12H15BrN4O. The lowest BCUT2D eigenvalue weighted by Gasteiger charge is -2.09. The second-order valence-corrected chi connectivity index (χ2v) is 4.90. The van der Waals surface area contributed by atoms with E-state index in [1.165, 1.54) is 0 Å². The molecule has 0 saturated carbocycles. The summed E-state index contributed by atoms with van der Waals surface area (Å²) in [7, 11) is 0. The van der Waals surface area contributed by atoms with E-state index < -0.39 is 0 Å². The molecule has 6 heteroatoms. The standard InChI is InChI=1S/C12H15BrN4O/c1-6-9(14)4-15-12(11(6)13)16-5-10-17-7(2)8(3)18-10/h4H,5,14H2,1-3H3,(H,15,16). The number of nitrogens with zero attached hydrogens (tertiary/aromatic N) is 2. The Bertz CT molecular complexity index is 560. The molecule has 2 aromatic rings. The Hall–Kier alpha value is -1.56. The average Bonchev–Trinajstić information content (AvgIpc) is 2.65. The number of oxazole rings is 1. The average molecular weight is 311 g/mol. The van der Waals surface area contributed by atoms with Crippen LogP contribution in [-0.2, 0) is 6.54 Å². The van der Waals surface area contributed by atoms with Gasteiger partial charge in [-0.1, -0.05) is 0 Å². The summed E-state index contributed by atoms with van der Waals surface area (Å²) < 4.78 is 6.35. The van der Waals surface area contributed by atoms with Gasteiger partial charge in [0.2, 0.25) is 5.89 Å². The van der Waals surface area contributed by atoms with Crippen LogP contribution in [0.3, 0.4) is 0 Å². The first kappa shape index (κ1) is 12.9. The molecular weight excluding hydrogens is 296 g/mol. The second kappa shape index (κ2) is 4.97. The molecule has 0 unspecified atom stereocenters. The Kier molecular flexibility index (Phi) is 3.56. The highest BCUT2D eigenvalue weighted by Gasteiger charge is 2.09. The van der Waals surface area contributed by atoms with E-state index in [2.05, 4.69) is 31.2 Å². The maximum atomic E-state index is 5.77. The Morgan fingerprint density at radius 2 is 2.11 bits per heavy atom. The predicted octanol–water partition coefficient (Wildman–Crippen LogP) is 2.95. The lowest BCUT2D eigenvalue weighted by molar-refractivity contribution is 0.478. The fraction of sp³-hybridized carbons (Fsp3) is 0.333. The summed E-state index contributed by atoms with van der Waals surface area (Å²) in [5.41, 5.74) is 8.31. The van der Waals surface area contributed by atoms with Crippen molar-refractivity contribution in [1.82, 2.24) is 9.97 Å². The summed E-state index contributed by atoms with van der Waals surface area (Å²) in [6.07, 6.45) is 1.63. The molecule has 2 aromatic heterocycles. The van der Waals surface area contributed by atoms with Crippen molar-refractivity contribution in [3.05, 3.63) is 33.6 Å². The van der Waals surface area contributed by atoms with Crippen LogP contribution >= 0.6 is 15.9 Å². The van der Waals surface area contributed by atoms with E-state index in [1.54, 1.807) is 6.20 Å². The Morgan fingerprint density at radius 1 is 1.39 bits per heavy atom. The minimum absolute atomic E-state index is 0.490. The summed E-state index contributed by atoms with van der Waals surface area (Å²) >= 11 is 3.47. The summed E-state index contributed by atoms with van der Waals surface area (Å²) in [4.78, 5) is 8.53. The molecule has 0 atom stereocenters. The van der Waals surface area contributed by atoms with Crippen molar-refractivity contribution >= 4 is 27.4 Å². The number of aromatic nitrogens is 2. The molecule has 0 aliphatic rings. The molecule has 0 bridgehead atoms. The lowest BCUT2D eigenvalue weighted by atomic mass is 10.2. The van der Waals surface area contributed by atoms with Crippen LogP contribution < -0.4 is 11.1 Å². The van der Waals surface area contributed by atoms with Crippen molar-refractivity contribution in [1.29, 1.82) is 0 Å². The predicted molar refractivity (Wildman–Crippen MR) is 74.4 cm³/mol. The van der Waals surface area contributed by atoms with E-state index in [9.17, 15) is 0 Å². The van der Waals surface area contributed by atoms with Crippen LogP contribution in [0.15, 0.2) is 15.1 Å². The monoisotopic (exact) mass is 310 g/mol. The Labute approximate surface area is 114 Å².